The van der Waals surface area contributed by atoms with Crippen LogP contribution in [-0.4, -0.2) is 47.3 Å². The standard InChI is InChI=1S/C21H27FN4O3/c22-16-8-6-15(7-9-16)13-23-19(27)18-12-21(29-25-18)10-11-26(14-21)20(28)24-17-4-2-1-3-5-17/h6-9,17H,1-5,10-14H2,(H,23,27)(H,24,28)/t21-/m0/s1. The van der Waals surface area contributed by atoms with Gasteiger partial charge in [-0.05, 0) is 30.5 Å². The second-order valence-corrected chi connectivity index (χ2v) is 8.25. The number of rotatable bonds is 4. The molecule has 1 spiro atoms. The fourth-order valence-electron chi connectivity index (χ4n) is 4.28. The minimum atomic E-state index is -0.605. The van der Waals surface area contributed by atoms with Crippen LogP contribution in [0.1, 0.15) is 50.5 Å². The highest BCUT2D eigenvalue weighted by Crippen LogP contribution is 2.34. The van der Waals surface area contributed by atoms with Crippen LogP contribution in [0.25, 0.3) is 0 Å². The zero-order valence-corrected chi connectivity index (χ0v) is 16.5. The highest BCUT2D eigenvalue weighted by molar-refractivity contribution is 6.39. The largest absolute Gasteiger partial charge is 0.386 e. The molecular formula is C21H27FN4O3. The lowest BCUT2D eigenvalue weighted by Gasteiger charge is -2.27. The first-order valence-electron chi connectivity index (χ1n) is 10.4. The quantitative estimate of drug-likeness (QED) is 0.812. The van der Waals surface area contributed by atoms with E-state index in [0.717, 1.165) is 18.4 Å². The van der Waals surface area contributed by atoms with Crippen LogP contribution in [0.3, 0.4) is 0 Å². The lowest BCUT2D eigenvalue weighted by Crippen LogP contribution is -2.46. The molecule has 1 aromatic carbocycles. The van der Waals surface area contributed by atoms with Gasteiger partial charge in [0.05, 0.1) is 6.54 Å². The molecule has 4 rings (SSSR count). The number of likely N-dealkylation sites (tertiary alicyclic amines) is 1. The van der Waals surface area contributed by atoms with E-state index in [-0.39, 0.29) is 23.8 Å². The molecule has 2 N–H and O–H groups in total. The number of nitrogens with one attached hydrogen (secondary N) is 2. The molecule has 156 valence electrons. The molecule has 2 fully saturated rings. The lowest BCUT2D eigenvalue weighted by molar-refractivity contribution is -0.115. The molecule has 3 aliphatic rings. The van der Waals surface area contributed by atoms with Crippen molar-refractivity contribution in [1.29, 1.82) is 0 Å². The Morgan fingerprint density at radius 3 is 2.72 bits per heavy atom. The summed E-state index contributed by atoms with van der Waals surface area (Å²) in [4.78, 5) is 32.4. The summed E-state index contributed by atoms with van der Waals surface area (Å²) in [5, 5.41) is 9.91. The van der Waals surface area contributed by atoms with Crippen molar-refractivity contribution in [3.05, 3.63) is 35.6 Å². The number of nitrogens with zero attached hydrogens (tertiary/aromatic N) is 2. The highest BCUT2D eigenvalue weighted by atomic mass is 19.1. The van der Waals surface area contributed by atoms with Crippen LogP contribution in [-0.2, 0) is 16.2 Å². The van der Waals surface area contributed by atoms with Crippen LogP contribution in [0.2, 0.25) is 0 Å². The van der Waals surface area contributed by atoms with Crippen LogP contribution in [0.15, 0.2) is 29.4 Å². The van der Waals surface area contributed by atoms with Gasteiger partial charge in [0, 0.05) is 32.0 Å². The number of oxime groups is 1. The van der Waals surface area contributed by atoms with E-state index in [1.807, 2.05) is 0 Å². The van der Waals surface area contributed by atoms with Crippen molar-refractivity contribution in [2.24, 2.45) is 5.16 Å². The van der Waals surface area contributed by atoms with E-state index in [9.17, 15) is 14.0 Å². The van der Waals surface area contributed by atoms with Gasteiger partial charge < -0.3 is 20.4 Å². The topological polar surface area (TPSA) is 83.0 Å². The van der Waals surface area contributed by atoms with Gasteiger partial charge in [-0.15, -0.1) is 0 Å². The van der Waals surface area contributed by atoms with Crippen LogP contribution < -0.4 is 10.6 Å². The van der Waals surface area contributed by atoms with Crippen LogP contribution in [0.4, 0.5) is 9.18 Å². The summed E-state index contributed by atoms with van der Waals surface area (Å²) in [6.45, 7) is 1.32. The van der Waals surface area contributed by atoms with E-state index >= 15 is 0 Å². The highest BCUT2D eigenvalue weighted by Gasteiger charge is 2.48. The Balaban J connectivity index is 1.25. The van der Waals surface area contributed by atoms with Gasteiger partial charge in [-0.2, -0.15) is 0 Å². The molecule has 1 atom stereocenters. The monoisotopic (exact) mass is 402 g/mol. The average Bonchev–Trinajstić information content (AvgIpc) is 3.35. The van der Waals surface area contributed by atoms with Crippen molar-refractivity contribution in [1.82, 2.24) is 15.5 Å². The predicted octanol–water partition coefficient (Wildman–Crippen LogP) is 2.71. The summed E-state index contributed by atoms with van der Waals surface area (Å²) in [7, 11) is 0. The van der Waals surface area contributed by atoms with E-state index in [1.165, 1.54) is 31.4 Å². The zero-order chi connectivity index (χ0) is 20.3. The number of hydrogen-bond acceptors (Lipinski definition) is 4. The van der Waals surface area contributed by atoms with Crippen molar-refractivity contribution in [2.75, 3.05) is 13.1 Å². The molecule has 8 heteroatoms. The van der Waals surface area contributed by atoms with Gasteiger partial charge in [0.25, 0.3) is 5.91 Å². The molecule has 2 heterocycles. The zero-order valence-electron chi connectivity index (χ0n) is 16.5. The summed E-state index contributed by atoms with van der Waals surface area (Å²) in [6, 6.07) is 6.19. The van der Waals surface area contributed by atoms with E-state index < -0.39 is 5.60 Å². The molecule has 7 nitrogen and oxygen atoms in total. The smallest absolute Gasteiger partial charge is 0.317 e. The van der Waals surface area contributed by atoms with Crippen LogP contribution in [0, 0.1) is 5.82 Å². The number of carbonyl (C=O) groups excluding carboxylic acids is 2. The molecule has 1 saturated carbocycles. The van der Waals surface area contributed by atoms with Crippen molar-refractivity contribution < 1.29 is 18.8 Å². The molecule has 3 amide bonds. The van der Waals surface area contributed by atoms with Crippen molar-refractivity contribution in [3.63, 3.8) is 0 Å². The molecule has 29 heavy (non-hydrogen) atoms. The van der Waals surface area contributed by atoms with E-state index in [0.29, 0.717) is 38.2 Å². The Morgan fingerprint density at radius 1 is 1.21 bits per heavy atom. The average molecular weight is 402 g/mol. The lowest BCUT2D eigenvalue weighted by atomic mass is 9.95. The maximum atomic E-state index is 13.0. The fraction of sp³-hybridized carbons (Fsp3) is 0.571. The van der Waals surface area contributed by atoms with E-state index in [4.69, 9.17) is 4.84 Å². The molecule has 0 bridgehead atoms. The molecule has 0 radical (unpaired) electrons. The maximum absolute atomic E-state index is 13.0. The first kappa shape index (κ1) is 19.7. The minimum absolute atomic E-state index is 0.0495. The molecule has 1 aliphatic carbocycles. The van der Waals surface area contributed by atoms with Crippen molar-refractivity contribution >= 4 is 17.6 Å². The summed E-state index contributed by atoms with van der Waals surface area (Å²) in [5.41, 5.74) is 0.536. The van der Waals surface area contributed by atoms with Gasteiger partial charge in [-0.25, -0.2) is 9.18 Å². The minimum Gasteiger partial charge on any atom is -0.386 e. The molecule has 0 unspecified atom stereocenters. The number of amides is 3. The Labute approximate surface area is 169 Å². The van der Waals surface area contributed by atoms with Gasteiger partial charge in [0.15, 0.2) is 5.60 Å². The Bertz CT molecular complexity index is 792. The van der Waals surface area contributed by atoms with Gasteiger partial charge in [-0.1, -0.05) is 36.6 Å². The number of halogens is 1. The second-order valence-electron chi connectivity index (χ2n) is 8.25. The Kier molecular flexibility index (Phi) is 5.69. The molecule has 1 saturated heterocycles. The van der Waals surface area contributed by atoms with Crippen LogP contribution >= 0.6 is 0 Å². The third-order valence-corrected chi connectivity index (χ3v) is 6.00. The van der Waals surface area contributed by atoms with Crippen molar-refractivity contribution in [3.8, 4) is 0 Å². The second kappa shape index (κ2) is 8.39. The molecule has 1 aromatic rings. The number of hydrogen-bond donors (Lipinski definition) is 2. The van der Waals surface area contributed by atoms with Gasteiger partial charge in [0.1, 0.15) is 11.5 Å². The third-order valence-electron chi connectivity index (χ3n) is 6.00. The number of carbonyl (C=O) groups is 2. The summed E-state index contributed by atoms with van der Waals surface area (Å²) in [5.74, 6) is -0.606. The van der Waals surface area contributed by atoms with Crippen LogP contribution in [0.5, 0.6) is 0 Å². The first-order valence-corrected chi connectivity index (χ1v) is 10.4. The SMILES string of the molecule is O=C(NCc1ccc(F)cc1)C1=NO[C@@]2(CCN(C(=O)NC3CCCCC3)C2)C1. The first-order chi connectivity index (χ1) is 14.0. The molecule has 0 aromatic heterocycles. The summed E-state index contributed by atoms with van der Waals surface area (Å²) < 4.78 is 13.0. The Morgan fingerprint density at radius 2 is 1.97 bits per heavy atom. The fourth-order valence-corrected chi connectivity index (χ4v) is 4.28. The van der Waals surface area contributed by atoms with E-state index in [1.54, 1.807) is 17.0 Å². The molecular weight excluding hydrogens is 375 g/mol. The van der Waals surface area contributed by atoms with E-state index in [2.05, 4.69) is 15.8 Å². The molecule has 2 aliphatic heterocycles. The number of urea groups is 1. The summed E-state index contributed by atoms with van der Waals surface area (Å²) in [6.07, 6.45) is 6.71. The maximum Gasteiger partial charge on any atom is 0.317 e. The predicted molar refractivity (Wildman–Crippen MR) is 106 cm³/mol. The van der Waals surface area contributed by atoms with Gasteiger partial charge >= 0.3 is 6.03 Å². The Hall–Kier alpha value is -2.64. The third kappa shape index (κ3) is 4.68. The normalized spacial score (nSPS) is 24.3. The summed E-state index contributed by atoms with van der Waals surface area (Å²) >= 11 is 0. The van der Waals surface area contributed by atoms with Crippen molar-refractivity contribution in [2.45, 2.75) is 63.1 Å². The number of benzene rings is 1. The van der Waals surface area contributed by atoms with Gasteiger partial charge in [0.2, 0.25) is 0 Å². The van der Waals surface area contributed by atoms with Gasteiger partial charge in [-0.3, -0.25) is 4.79 Å².